The molecule has 2 aromatic rings. The van der Waals surface area contributed by atoms with E-state index < -0.39 is 0 Å². The van der Waals surface area contributed by atoms with Crippen molar-refractivity contribution in [1.82, 2.24) is 20.4 Å². The maximum atomic E-state index is 11.9. The van der Waals surface area contributed by atoms with E-state index in [0.29, 0.717) is 18.7 Å². The maximum Gasteiger partial charge on any atom is 0.258 e. The highest BCUT2D eigenvalue weighted by atomic mass is 16.5. The minimum atomic E-state index is -0.206. The number of aryl methyl sites for hydroxylation is 1. The van der Waals surface area contributed by atoms with Gasteiger partial charge in [-0.25, -0.2) is 0 Å². The van der Waals surface area contributed by atoms with E-state index in [-0.39, 0.29) is 24.5 Å². The van der Waals surface area contributed by atoms with Crippen LogP contribution in [0.4, 0.5) is 0 Å². The molecule has 7 nitrogen and oxygen atoms in total. The topological polar surface area (TPSA) is 85.2 Å². The Hall–Kier alpha value is -2.83. The van der Waals surface area contributed by atoms with Crippen molar-refractivity contribution >= 4 is 11.8 Å². The first-order valence-corrected chi connectivity index (χ1v) is 7.88. The highest BCUT2D eigenvalue weighted by molar-refractivity contribution is 5.79. The van der Waals surface area contributed by atoms with E-state index in [1.807, 2.05) is 37.5 Å². The maximum absolute atomic E-state index is 11.9. The van der Waals surface area contributed by atoms with Gasteiger partial charge in [-0.1, -0.05) is 12.1 Å². The summed E-state index contributed by atoms with van der Waals surface area (Å²) >= 11 is 0. The predicted octanol–water partition coefficient (Wildman–Crippen LogP) is 0.861. The van der Waals surface area contributed by atoms with Crippen LogP contribution < -0.4 is 15.4 Å². The van der Waals surface area contributed by atoms with Gasteiger partial charge >= 0.3 is 0 Å². The lowest BCUT2D eigenvalue weighted by Gasteiger charge is -2.12. The van der Waals surface area contributed by atoms with E-state index in [2.05, 4.69) is 15.7 Å². The highest BCUT2D eigenvalue weighted by Gasteiger charge is 2.20. The van der Waals surface area contributed by atoms with Crippen molar-refractivity contribution in [3.63, 3.8) is 0 Å². The zero-order valence-electron chi connectivity index (χ0n) is 13.5. The fourth-order valence-corrected chi connectivity index (χ4v) is 2.60. The Morgan fingerprint density at radius 1 is 1.46 bits per heavy atom. The summed E-state index contributed by atoms with van der Waals surface area (Å²) < 4.78 is 7.28. The van der Waals surface area contributed by atoms with Crippen LogP contribution in [-0.2, 0) is 16.6 Å². The molecule has 1 aromatic heterocycles. The fraction of sp³-hybridized carbons (Fsp3) is 0.353. The van der Waals surface area contributed by atoms with Gasteiger partial charge in [0.05, 0.1) is 6.20 Å². The lowest BCUT2D eigenvalue weighted by molar-refractivity contribution is -0.123. The zero-order valence-corrected chi connectivity index (χ0v) is 13.5. The molecule has 1 saturated heterocycles. The van der Waals surface area contributed by atoms with Gasteiger partial charge in [-0.05, 0) is 24.1 Å². The summed E-state index contributed by atoms with van der Waals surface area (Å²) in [4.78, 5) is 23.0. The van der Waals surface area contributed by atoms with Crippen LogP contribution in [0.1, 0.15) is 12.8 Å². The second-order valence-corrected chi connectivity index (χ2v) is 5.83. The second kappa shape index (κ2) is 7.16. The number of aromatic nitrogens is 2. The number of rotatable bonds is 6. The molecule has 7 heteroatoms. The van der Waals surface area contributed by atoms with Crippen LogP contribution in [0.15, 0.2) is 36.7 Å². The lowest BCUT2D eigenvalue weighted by atomic mass is 10.1. The van der Waals surface area contributed by atoms with Gasteiger partial charge in [0, 0.05) is 37.8 Å². The van der Waals surface area contributed by atoms with Crippen LogP contribution in [-0.4, -0.2) is 40.8 Å². The Morgan fingerprint density at radius 2 is 2.33 bits per heavy atom. The summed E-state index contributed by atoms with van der Waals surface area (Å²) in [5.41, 5.74) is 1.97. The van der Waals surface area contributed by atoms with Crippen LogP contribution in [0, 0.1) is 0 Å². The van der Waals surface area contributed by atoms with E-state index in [0.717, 1.165) is 17.5 Å². The molecule has 1 unspecified atom stereocenters. The zero-order chi connectivity index (χ0) is 16.9. The summed E-state index contributed by atoms with van der Waals surface area (Å²) in [5.74, 6) is 0.460. The first-order chi connectivity index (χ1) is 11.6. The SMILES string of the molecule is Cn1cc(-c2cccc(OCC(=O)NCC3CCC(=O)N3)c2)cn1. The molecule has 0 spiro atoms. The Kier molecular flexibility index (Phi) is 4.79. The molecule has 2 N–H and O–H groups in total. The first-order valence-electron chi connectivity index (χ1n) is 7.88. The van der Waals surface area contributed by atoms with E-state index in [4.69, 9.17) is 4.74 Å². The normalized spacial score (nSPS) is 16.7. The van der Waals surface area contributed by atoms with Crippen molar-refractivity contribution in [2.75, 3.05) is 13.2 Å². The van der Waals surface area contributed by atoms with Crippen LogP contribution in [0.5, 0.6) is 5.75 Å². The van der Waals surface area contributed by atoms with Crippen molar-refractivity contribution in [3.8, 4) is 16.9 Å². The van der Waals surface area contributed by atoms with E-state index in [9.17, 15) is 9.59 Å². The number of hydrogen-bond acceptors (Lipinski definition) is 4. The molecule has 1 aliphatic rings. The number of carbonyl (C=O) groups is 2. The minimum absolute atomic E-state index is 0.0235. The summed E-state index contributed by atoms with van der Waals surface area (Å²) in [5, 5.41) is 9.73. The predicted molar refractivity (Wildman–Crippen MR) is 88.3 cm³/mol. The fourth-order valence-electron chi connectivity index (χ4n) is 2.60. The molecule has 24 heavy (non-hydrogen) atoms. The molecule has 0 saturated carbocycles. The van der Waals surface area contributed by atoms with Crippen molar-refractivity contribution in [2.24, 2.45) is 7.05 Å². The standard InChI is InChI=1S/C17H20N4O3/c1-21-10-13(8-19-21)12-3-2-4-15(7-12)24-11-17(23)18-9-14-5-6-16(22)20-14/h2-4,7-8,10,14H,5-6,9,11H2,1H3,(H,18,23)(H,20,22). The Labute approximate surface area is 140 Å². The second-order valence-electron chi connectivity index (χ2n) is 5.83. The summed E-state index contributed by atoms with van der Waals surface area (Å²) in [7, 11) is 1.86. The average Bonchev–Trinajstić information content (AvgIpc) is 3.20. The largest absolute Gasteiger partial charge is 0.484 e. The van der Waals surface area contributed by atoms with Crippen molar-refractivity contribution in [1.29, 1.82) is 0 Å². The number of benzene rings is 1. The highest BCUT2D eigenvalue weighted by Crippen LogP contribution is 2.23. The Balaban J connectivity index is 1.49. The molecule has 2 heterocycles. The molecule has 0 aliphatic carbocycles. The van der Waals surface area contributed by atoms with Gasteiger partial charge in [0.15, 0.2) is 6.61 Å². The van der Waals surface area contributed by atoms with Gasteiger partial charge in [-0.2, -0.15) is 5.10 Å². The molecule has 0 radical (unpaired) electrons. The van der Waals surface area contributed by atoms with Crippen LogP contribution >= 0.6 is 0 Å². The molecule has 126 valence electrons. The Morgan fingerprint density at radius 3 is 3.04 bits per heavy atom. The van der Waals surface area contributed by atoms with E-state index >= 15 is 0 Å². The molecule has 1 aromatic carbocycles. The van der Waals surface area contributed by atoms with Crippen LogP contribution in [0.3, 0.4) is 0 Å². The number of amides is 2. The van der Waals surface area contributed by atoms with Gasteiger partial charge in [-0.3, -0.25) is 14.3 Å². The third-order valence-corrected chi connectivity index (χ3v) is 3.87. The minimum Gasteiger partial charge on any atom is -0.484 e. The van der Waals surface area contributed by atoms with Gasteiger partial charge in [-0.15, -0.1) is 0 Å². The van der Waals surface area contributed by atoms with Gasteiger partial charge in [0.25, 0.3) is 5.91 Å². The lowest BCUT2D eigenvalue weighted by Crippen LogP contribution is -2.40. The summed E-state index contributed by atoms with van der Waals surface area (Å²) in [6.45, 7) is 0.376. The quantitative estimate of drug-likeness (QED) is 0.824. The van der Waals surface area contributed by atoms with Crippen molar-refractivity contribution < 1.29 is 14.3 Å². The molecule has 2 amide bonds. The summed E-state index contributed by atoms with van der Waals surface area (Å²) in [6.07, 6.45) is 4.98. The molecule has 0 bridgehead atoms. The number of nitrogens with one attached hydrogen (secondary N) is 2. The molecule has 1 fully saturated rings. The van der Waals surface area contributed by atoms with Gasteiger partial charge in [0.2, 0.25) is 5.91 Å². The van der Waals surface area contributed by atoms with Crippen LogP contribution in [0.2, 0.25) is 0 Å². The number of ether oxygens (including phenoxy) is 1. The van der Waals surface area contributed by atoms with E-state index in [1.165, 1.54) is 0 Å². The molecule has 1 aliphatic heterocycles. The molecule has 1 atom stereocenters. The monoisotopic (exact) mass is 328 g/mol. The third-order valence-electron chi connectivity index (χ3n) is 3.87. The van der Waals surface area contributed by atoms with Crippen molar-refractivity contribution in [2.45, 2.75) is 18.9 Å². The first kappa shape index (κ1) is 16.0. The Bertz CT molecular complexity index is 741. The number of hydrogen-bond donors (Lipinski definition) is 2. The van der Waals surface area contributed by atoms with Gasteiger partial charge < -0.3 is 15.4 Å². The smallest absolute Gasteiger partial charge is 0.258 e. The summed E-state index contributed by atoms with van der Waals surface area (Å²) in [6, 6.07) is 7.55. The number of nitrogens with zero attached hydrogens (tertiary/aromatic N) is 2. The molecule has 3 rings (SSSR count). The van der Waals surface area contributed by atoms with E-state index in [1.54, 1.807) is 10.9 Å². The van der Waals surface area contributed by atoms with Gasteiger partial charge in [0.1, 0.15) is 5.75 Å². The van der Waals surface area contributed by atoms with Crippen molar-refractivity contribution in [3.05, 3.63) is 36.7 Å². The molecular weight excluding hydrogens is 308 g/mol. The average molecular weight is 328 g/mol. The number of carbonyl (C=O) groups excluding carboxylic acids is 2. The van der Waals surface area contributed by atoms with Crippen LogP contribution in [0.25, 0.3) is 11.1 Å². The third kappa shape index (κ3) is 4.13. The molecular formula is C17H20N4O3.